The number of carbonyl (C=O) groups is 1. The Morgan fingerprint density at radius 3 is 2.50 bits per heavy atom. The van der Waals surface area contributed by atoms with Gasteiger partial charge in [0.2, 0.25) is 10.0 Å². The molecule has 0 aliphatic carbocycles. The van der Waals surface area contributed by atoms with Crippen LogP contribution in [0.15, 0.2) is 51.8 Å². The number of benzene rings is 2. The Morgan fingerprint density at radius 1 is 1.18 bits per heavy atom. The van der Waals surface area contributed by atoms with Gasteiger partial charge in [-0.3, -0.25) is 4.79 Å². The molecule has 1 aliphatic rings. The van der Waals surface area contributed by atoms with E-state index in [1.54, 1.807) is 24.3 Å². The van der Waals surface area contributed by atoms with Crippen molar-refractivity contribution in [2.24, 2.45) is 0 Å². The van der Waals surface area contributed by atoms with Gasteiger partial charge in [-0.2, -0.15) is 4.31 Å². The summed E-state index contributed by atoms with van der Waals surface area (Å²) < 4.78 is 38.2. The first-order chi connectivity index (χ1) is 13.4. The third kappa shape index (κ3) is 5.24. The standard InChI is InChI=1S/C18H18BrClN2O5S/c19-13-1-3-14(4-2-13)21-18(23)12-27-17-6-5-15(11-16(17)20)28(24,25)22-7-9-26-10-8-22/h1-6,11H,7-10,12H2,(H,21,23). The third-order valence-corrected chi connectivity index (χ3v) is 6.72. The molecular weight excluding hydrogens is 472 g/mol. The van der Waals surface area contributed by atoms with Crippen LogP contribution in [0.25, 0.3) is 0 Å². The average Bonchev–Trinajstić information content (AvgIpc) is 2.69. The Morgan fingerprint density at radius 2 is 1.86 bits per heavy atom. The first-order valence-electron chi connectivity index (χ1n) is 8.42. The Labute approximate surface area is 176 Å². The molecule has 28 heavy (non-hydrogen) atoms. The predicted molar refractivity (Wildman–Crippen MR) is 109 cm³/mol. The van der Waals surface area contributed by atoms with Crippen molar-refractivity contribution >= 4 is 49.1 Å². The van der Waals surface area contributed by atoms with Crippen molar-refractivity contribution in [3.63, 3.8) is 0 Å². The summed E-state index contributed by atoms with van der Waals surface area (Å²) >= 11 is 9.49. The summed E-state index contributed by atoms with van der Waals surface area (Å²) in [7, 11) is -3.65. The maximum atomic E-state index is 12.6. The van der Waals surface area contributed by atoms with Crippen LogP contribution in [-0.4, -0.2) is 51.5 Å². The number of sulfonamides is 1. The number of halogens is 2. The molecule has 0 aromatic heterocycles. The molecule has 1 fully saturated rings. The highest BCUT2D eigenvalue weighted by atomic mass is 79.9. The van der Waals surface area contributed by atoms with Gasteiger partial charge in [-0.15, -0.1) is 0 Å². The maximum Gasteiger partial charge on any atom is 0.262 e. The van der Waals surface area contributed by atoms with Crippen molar-refractivity contribution in [1.29, 1.82) is 0 Å². The molecule has 10 heteroatoms. The smallest absolute Gasteiger partial charge is 0.262 e. The van der Waals surface area contributed by atoms with E-state index in [1.165, 1.54) is 22.5 Å². The summed E-state index contributed by atoms with van der Waals surface area (Å²) in [6.45, 7) is 1.07. The number of amides is 1. The minimum atomic E-state index is -3.65. The van der Waals surface area contributed by atoms with Crippen LogP contribution in [0, 0.1) is 0 Å². The molecular formula is C18H18BrClN2O5S. The van der Waals surface area contributed by atoms with Crippen molar-refractivity contribution < 1.29 is 22.7 Å². The highest BCUT2D eigenvalue weighted by molar-refractivity contribution is 9.10. The zero-order valence-corrected chi connectivity index (χ0v) is 17.9. The Bertz CT molecular complexity index is 947. The fourth-order valence-corrected chi connectivity index (χ4v) is 4.57. The molecule has 0 atom stereocenters. The molecule has 1 N–H and O–H groups in total. The van der Waals surface area contributed by atoms with E-state index < -0.39 is 10.0 Å². The zero-order valence-electron chi connectivity index (χ0n) is 14.7. The van der Waals surface area contributed by atoms with Gasteiger partial charge in [0, 0.05) is 23.2 Å². The van der Waals surface area contributed by atoms with Gasteiger partial charge in [-0.05, 0) is 42.5 Å². The largest absolute Gasteiger partial charge is 0.482 e. The number of nitrogens with zero attached hydrogens (tertiary/aromatic N) is 1. The lowest BCUT2D eigenvalue weighted by Gasteiger charge is -2.26. The summed E-state index contributed by atoms with van der Waals surface area (Å²) in [5.41, 5.74) is 0.634. The molecule has 1 aliphatic heterocycles. The number of rotatable bonds is 6. The molecule has 150 valence electrons. The lowest BCUT2D eigenvalue weighted by molar-refractivity contribution is -0.118. The second kappa shape index (κ2) is 9.23. The van der Waals surface area contributed by atoms with Crippen LogP contribution in [0.1, 0.15) is 0 Å². The van der Waals surface area contributed by atoms with Crippen LogP contribution in [0.4, 0.5) is 5.69 Å². The fraction of sp³-hybridized carbons (Fsp3) is 0.278. The summed E-state index contributed by atoms with van der Waals surface area (Å²) in [5.74, 6) is -0.128. The Kier molecular flexibility index (Phi) is 6.95. The molecule has 7 nitrogen and oxygen atoms in total. The molecule has 1 heterocycles. The van der Waals surface area contributed by atoms with Gasteiger partial charge in [-0.25, -0.2) is 8.42 Å². The van der Waals surface area contributed by atoms with Crippen LogP contribution in [0.3, 0.4) is 0 Å². The maximum absolute atomic E-state index is 12.6. The van der Waals surface area contributed by atoms with Gasteiger partial charge < -0.3 is 14.8 Å². The van der Waals surface area contributed by atoms with Crippen LogP contribution in [-0.2, 0) is 19.6 Å². The average molecular weight is 490 g/mol. The SMILES string of the molecule is O=C(COc1ccc(S(=O)(=O)N2CCOCC2)cc1Cl)Nc1ccc(Br)cc1. The van der Waals surface area contributed by atoms with Crippen molar-refractivity contribution in [2.75, 3.05) is 38.2 Å². The number of hydrogen-bond donors (Lipinski definition) is 1. The molecule has 0 spiro atoms. The molecule has 3 rings (SSSR count). The topological polar surface area (TPSA) is 84.9 Å². The lowest BCUT2D eigenvalue weighted by atomic mass is 10.3. The Hall–Kier alpha value is -1.65. The highest BCUT2D eigenvalue weighted by Gasteiger charge is 2.27. The van der Waals surface area contributed by atoms with Gasteiger partial charge in [0.15, 0.2) is 6.61 Å². The van der Waals surface area contributed by atoms with E-state index >= 15 is 0 Å². The van der Waals surface area contributed by atoms with E-state index in [0.29, 0.717) is 32.0 Å². The molecule has 0 unspecified atom stereocenters. The van der Waals surface area contributed by atoms with E-state index in [0.717, 1.165) is 4.47 Å². The number of nitrogens with one attached hydrogen (secondary N) is 1. The van der Waals surface area contributed by atoms with E-state index in [4.69, 9.17) is 21.1 Å². The molecule has 1 saturated heterocycles. The lowest BCUT2D eigenvalue weighted by Crippen LogP contribution is -2.40. The fourth-order valence-electron chi connectivity index (χ4n) is 2.57. The molecule has 2 aromatic rings. The van der Waals surface area contributed by atoms with Crippen LogP contribution in [0.2, 0.25) is 5.02 Å². The van der Waals surface area contributed by atoms with Gasteiger partial charge in [-0.1, -0.05) is 27.5 Å². The second-order valence-corrected chi connectivity index (χ2v) is 9.21. The minimum absolute atomic E-state index is 0.0751. The number of hydrogen-bond acceptors (Lipinski definition) is 5. The first-order valence-corrected chi connectivity index (χ1v) is 11.0. The quantitative estimate of drug-likeness (QED) is 0.674. The predicted octanol–water partition coefficient (Wildman–Crippen LogP) is 3.14. The van der Waals surface area contributed by atoms with Crippen molar-refractivity contribution in [3.8, 4) is 5.75 Å². The van der Waals surface area contributed by atoms with E-state index in [2.05, 4.69) is 21.2 Å². The minimum Gasteiger partial charge on any atom is -0.482 e. The monoisotopic (exact) mass is 488 g/mol. The summed E-state index contributed by atoms with van der Waals surface area (Å²) in [6, 6.07) is 11.3. The van der Waals surface area contributed by atoms with Crippen molar-refractivity contribution in [1.82, 2.24) is 4.31 Å². The number of anilines is 1. The van der Waals surface area contributed by atoms with Crippen molar-refractivity contribution in [2.45, 2.75) is 4.90 Å². The zero-order chi connectivity index (χ0) is 20.1. The molecule has 2 aromatic carbocycles. The molecule has 0 saturated carbocycles. The molecule has 0 bridgehead atoms. The normalized spacial score (nSPS) is 15.2. The third-order valence-electron chi connectivity index (χ3n) is 4.00. The van der Waals surface area contributed by atoms with Gasteiger partial charge in [0.05, 0.1) is 23.1 Å². The van der Waals surface area contributed by atoms with E-state index in [-0.39, 0.29) is 28.2 Å². The summed E-state index contributed by atoms with van der Waals surface area (Å²) in [4.78, 5) is 12.1. The van der Waals surface area contributed by atoms with Crippen LogP contribution < -0.4 is 10.1 Å². The highest BCUT2D eigenvalue weighted by Crippen LogP contribution is 2.29. The summed E-state index contributed by atoms with van der Waals surface area (Å²) in [5, 5.41) is 2.81. The number of morpholine rings is 1. The van der Waals surface area contributed by atoms with Crippen LogP contribution >= 0.6 is 27.5 Å². The first kappa shape index (κ1) is 21.1. The van der Waals surface area contributed by atoms with Gasteiger partial charge in [0.25, 0.3) is 5.91 Å². The second-order valence-electron chi connectivity index (χ2n) is 5.95. The molecule has 0 radical (unpaired) electrons. The number of carbonyl (C=O) groups excluding carboxylic acids is 1. The van der Waals surface area contributed by atoms with Gasteiger partial charge >= 0.3 is 0 Å². The number of ether oxygens (including phenoxy) is 2. The van der Waals surface area contributed by atoms with Crippen LogP contribution in [0.5, 0.6) is 5.75 Å². The molecule has 1 amide bonds. The Balaban J connectivity index is 1.62. The van der Waals surface area contributed by atoms with Gasteiger partial charge in [0.1, 0.15) is 5.75 Å². The van der Waals surface area contributed by atoms with Crippen molar-refractivity contribution in [3.05, 3.63) is 52.0 Å². The van der Waals surface area contributed by atoms with E-state index in [1.807, 2.05) is 0 Å². The summed E-state index contributed by atoms with van der Waals surface area (Å²) in [6.07, 6.45) is 0. The van der Waals surface area contributed by atoms with E-state index in [9.17, 15) is 13.2 Å².